The molecular formula is C23H30ClNO3. The van der Waals surface area contributed by atoms with Gasteiger partial charge in [-0.1, -0.05) is 37.6 Å². The normalized spacial score (nSPS) is 31.6. The van der Waals surface area contributed by atoms with Gasteiger partial charge in [0.2, 0.25) is 0 Å². The number of esters is 1. The highest BCUT2D eigenvalue weighted by molar-refractivity contribution is 6.30. The Bertz CT molecular complexity index is 707. The number of carbonyl (C=O) groups excluding carboxylic acids is 2. The van der Waals surface area contributed by atoms with Crippen LogP contribution in [0, 0.1) is 23.7 Å². The van der Waals surface area contributed by atoms with E-state index in [1.165, 1.54) is 19.3 Å². The van der Waals surface area contributed by atoms with Crippen LogP contribution >= 0.6 is 11.6 Å². The van der Waals surface area contributed by atoms with E-state index in [1.54, 1.807) is 12.1 Å². The van der Waals surface area contributed by atoms with E-state index in [-0.39, 0.29) is 29.9 Å². The van der Waals surface area contributed by atoms with E-state index in [9.17, 15) is 9.59 Å². The van der Waals surface area contributed by atoms with Gasteiger partial charge >= 0.3 is 5.97 Å². The van der Waals surface area contributed by atoms with Crippen molar-refractivity contribution in [2.45, 2.75) is 63.8 Å². The second kappa shape index (κ2) is 7.70. The van der Waals surface area contributed by atoms with Crippen LogP contribution in [-0.2, 0) is 14.3 Å². The summed E-state index contributed by atoms with van der Waals surface area (Å²) in [7, 11) is 0. The summed E-state index contributed by atoms with van der Waals surface area (Å²) in [6, 6.07) is 7.26. The zero-order valence-electron chi connectivity index (χ0n) is 16.7. The Hall–Kier alpha value is -1.55. The number of carbonyl (C=O) groups is 2. The number of halogens is 1. The predicted molar refractivity (Wildman–Crippen MR) is 109 cm³/mol. The molecule has 4 fully saturated rings. The summed E-state index contributed by atoms with van der Waals surface area (Å²) < 4.78 is 5.44. The fourth-order valence-electron chi connectivity index (χ4n) is 6.29. The summed E-state index contributed by atoms with van der Waals surface area (Å²) in [4.78, 5) is 25.3. The average Bonchev–Trinajstić information content (AvgIpc) is 2.60. The van der Waals surface area contributed by atoms with Crippen molar-refractivity contribution in [3.63, 3.8) is 0 Å². The topological polar surface area (TPSA) is 55.4 Å². The molecule has 1 amide bonds. The molecule has 4 nitrogen and oxygen atoms in total. The lowest BCUT2D eigenvalue weighted by atomic mass is 9.53. The van der Waals surface area contributed by atoms with Crippen LogP contribution in [0.15, 0.2) is 24.3 Å². The van der Waals surface area contributed by atoms with Gasteiger partial charge in [0.1, 0.15) is 0 Å². The molecule has 1 aromatic rings. The molecule has 28 heavy (non-hydrogen) atoms. The molecule has 152 valence electrons. The molecule has 4 aliphatic rings. The van der Waals surface area contributed by atoms with Crippen molar-refractivity contribution in [3.05, 3.63) is 34.9 Å². The van der Waals surface area contributed by atoms with E-state index >= 15 is 0 Å². The minimum absolute atomic E-state index is 0.0497. The number of rotatable bonds is 6. The first-order chi connectivity index (χ1) is 13.3. The second-order valence-corrected chi connectivity index (χ2v) is 10.1. The summed E-state index contributed by atoms with van der Waals surface area (Å²) in [5.41, 5.74) is 0.817. The van der Waals surface area contributed by atoms with Gasteiger partial charge in [0, 0.05) is 10.6 Å². The molecule has 5 rings (SSSR count). The second-order valence-electron chi connectivity index (χ2n) is 9.63. The third-order valence-corrected chi connectivity index (χ3v) is 7.19. The van der Waals surface area contributed by atoms with Crippen LogP contribution in [0.3, 0.4) is 0 Å². The third kappa shape index (κ3) is 4.07. The Balaban J connectivity index is 1.35. The Labute approximate surface area is 172 Å². The lowest BCUT2D eigenvalue weighted by Crippen LogP contribution is -2.60. The number of hydrogen-bond acceptors (Lipinski definition) is 3. The number of benzene rings is 1. The number of hydrogen-bond donors (Lipinski definition) is 1. The van der Waals surface area contributed by atoms with Gasteiger partial charge in [0.15, 0.2) is 6.61 Å². The SMILES string of the molecule is CC(C)C(C(=O)OCC(=O)NC12CC3CC(CC(C3)C1)C2)c1ccc(Cl)cc1. The molecule has 1 N–H and O–H groups in total. The molecule has 0 radical (unpaired) electrons. The summed E-state index contributed by atoms with van der Waals surface area (Å²) in [6.07, 6.45) is 7.29. The first kappa shape index (κ1) is 19.8. The lowest BCUT2D eigenvalue weighted by molar-refractivity contribution is -0.152. The van der Waals surface area contributed by atoms with Crippen LogP contribution in [-0.4, -0.2) is 24.0 Å². The maximum atomic E-state index is 12.7. The summed E-state index contributed by atoms with van der Waals surface area (Å²) in [6.45, 7) is 3.77. The summed E-state index contributed by atoms with van der Waals surface area (Å²) in [5.74, 6) is 1.47. The van der Waals surface area contributed by atoms with Crippen LogP contribution < -0.4 is 5.32 Å². The molecule has 1 atom stereocenters. The molecule has 0 saturated heterocycles. The van der Waals surface area contributed by atoms with Crippen LogP contribution in [0.5, 0.6) is 0 Å². The fraction of sp³-hybridized carbons (Fsp3) is 0.652. The molecule has 0 aromatic heterocycles. The first-order valence-electron chi connectivity index (χ1n) is 10.6. The highest BCUT2D eigenvalue weighted by Gasteiger charge is 2.51. The van der Waals surface area contributed by atoms with Crippen molar-refractivity contribution in [2.75, 3.05) is 6.61 Å². The largest absolute Gasteiger partial charge is 0.455 e. The Morgan fingerprint density at radius 3 is 2.11 bits per heavy atom. The third-order valence-electron chi connectivity index (χ3n) is 6.94. The van der Waals surface area contributed by atoms with Gasteiger partial charge in [-0.25, -0.2) is 0 Å². The number of ether oxygens (including phenoxy) is 1. The minimum Gasteiger partial charge on any atom is -0.455 e. The zero-order chi connectivity index (χ0) is 19.9. The molecule has 0 spiro atoms. The van der Waals surface area contributed by atoms with E-state index in [2.05, 4.69) is 5.32 Å². The molecule has 4 saturated carbocycles. The van der Waals surface area contributed by atoms with Crippen molar-refractivity contribution in [1.29, 1.82) is 0 Å². The number of nitrogens with one attached hydrogen (secondary N) is 1. The smallest absolute Gasteiger partial charge is 0.314 e. The highest BCUT2D eigenvalue weighted by Crippen LogP contribution is 2.55. The molecule has 4 aliphatic carbocycles. The van der Waals surface area contributed by atoms with Gasteiger partial charge in [-0.2, -0.15) is 0 Å². The summed E-state index contributed by atoms with van der Waals surface area (Å²) in [5, 5.41) is 3.90. The van der Waals surface area contributed by atoms with E-state index in [0.717, 1.165) is 42.6 Å². The minimum atomic E-state index is -0.399. The van der Waals surface area contributed by atoms with Crippen molar-refractivity contribution in [3.8, 4) is 0 Å². The van der Waals surface area contributed by atoms with Crippen LogP contribution in [0.25, 0.3) is 0 Å². The quantitative estimate of drug-likeness (QED) is 0.700. The maximum Gasteiger partial charge on any atom is 0.314 e. The van der Waals surface area contributed by atoms with E-state index in [1.807, 2.05) is 26.0 Å². The van der Waals surface area contributed by atoms with E-state index in [4.69, 9.17) is 16.3 Å². The van der Waals surface area contributed by atoms with Crippen LogP contribution in [0.1, 0.15) is 63.9 Å². The monoisotopic (exact) mass is 403 g/mol. The molecule has 0 heterocycles. The van der Waals surface area contributed by atoms with Crippen molar-refractivity contribution >= 4 is 23.5 Å². The van der Waals surface area contributed by atoms with Gasteiger partial charge < -0.3 is 10.1 Å². The van der Waals surface area contributed by atoms with Gasteiger partial charge in [-0.3, -0.25) is 9.59 Å². The maximum absolute atomic E-state index is 12.7. The summed E-state index contributed by atoms with van der Waals surface area (Å²) >= 11 is 5.96. The molecule has 4 bridgehead atoms. The van der Waals surface area contributed by atoms with Gasteiger partial charge in [-0.15, -0.1) is 0 Å². The first-order valence-corrected chi connectivity index (χ1v) is 10.9. The average molecular weight is 404 g/mol. The van der Waals surface area contributed by atoms with E-state index < -0.39 is 5.92 Å². The van der Waals surface area contributed by atoms with Gasteiger partial charge in [-0.05, 0) is 79.9 Å². The Morgan fingerprint density at radius 1 is 1.07 bits per heavy atom. The lowest BCUT2D eigenvalue weighted by Gasteiger charge is -2.56. The van der Waals surface area contributed by atoms with Crippen LogP contribution in [0.2, 0.25) is 5.02 Å². The van der Waals surface area contributed by atoms with Gasteiger partial charge in [0.25, 0.3) is 5.91 Å². The molecule has 5 heteroatoms. The van der Waals surface area contributed by atoms with Crippen molar-refractivity contribution in [1.82, 2.24) is 5.32 Å². The number of amides is 1. The zero-order valence-corrected chi connectivity index (χ0v) is 17.5. The van der Waals surface area contributed by atoms with Crippen molar-refractivity contribution < 1.29 is 14.3 Å². The Kier molecular flexibility index (Phi) is 5.43. The highest BCUT2D eigenvalue weighted by atomic mass is 35.5. The Morgan fingerprint density at radius 2 is 1.61 bits per heavy atom. The van der Waals surface area contributed by atoms with Crippen molar-refractivity contribution in [2.24, 2.45) is 23.7 Å². The standard InChI is InChI=1S/C23H30ClNO3/c1-14(2)21(18-3-5-19(24)6-4-18)22(27)28-13-20(26)25-23-10-15-7-16(11-23)9-17(8-15)12-23/h3-6,14-17,21H,7-13H2,1-2H3,(H,25,26). The molecular weight excluding hydrogens is 374 g/mol. The molecule has 1 unspecified atom stereocenters. The van der Waals surface area contributed by atoms with Crippen LogP contribution in [0.4, 0.5) is 0 Å². The predicted octanol–water partition coefficient (Wildman–Crippen LogP) is 4.71. The van der Waals surface area contributed by atoms with E-state index in [0.29, 0.717) is 5.02 Å². The molecule has 1 aromatic carbocycles. The molecule has 0 aliphatic heterocycles. The fourth-order valence-corrected chi connectivity index (χ4v) is 6.41. The van der Waals surface area contributed by atoms with Gasteiger partial charge in [0.05, 0.1) is 5.92 Å².